The summed E-state index contributed by atoms with van der Waals surface area (Å²) in [6.45, 7) is 8.96. The largest absolute Gasteiger partial charge is 0.379 e. The van der Waals surface area contributed by atoms with Crippen molar-refractivity contribution in [3.63, 3.8) is 0 Å². The number of aromatic nitrogens is 2. The van der Waals surface area contributed by atoms with Crippen LogP contribution in [0.4, 0.5) is 0 Å². The zero-order valence-electron chi connectivity index (χ0n) is 14.8. The van der Waals surface area contributed by atoms with Crippen molar-refractivity contribution < 1.29 is 4.74 Å². The Kier molecular flexibility index (Phi) is 6.01. The first-order chi connectivity index (χ1) is 11.7. The summed E-state index contributed by atoms with van der Waals surface area (Å²) >= 11 is 0. The molecular formula is C19H28N4O. The molecule has 1 aliphatic rings. The predicted molar refractivity (Wildman–Crippen MR) is 96.0 cm³/mol. The van der Waals surface area contributed by atoms with E-state index in [0.717, 1.165) is 45.9 Å². The molecular weight excluding hydrogens is 300 g/mol. The second kappa shape index (κ2) is 8.42. The quantitative estimate of drug-likeness (QED) is 0.779. The Hall–Kier alpha value is -1.69. The van der Waals surface area contributed by atoms with Gasteiger partial charge in [-0.05, 0) is 19.5 Å². The SMILES string of the molecule is CC(CN(C)Cc1cncn1Cc1ccccc1)N1CCOCC1. The fourth-order valence-electron chi connectivity index (χ4n) is 3.33. The van der Waals surface area contributed by atoms with Crippen LogP contribution in [0.15, 0.2) is 42.9 Å². The van der Waals surface area contributed by atoms with Crippen molar-refractivity contribution in [2.45, 2.75) is 26.1 Å². The van der Waals surface area contributed by atoms with Gasteiger partial charge in [0.05, 0.1) is 25.2 Å². The van der Waals surface area contributed by atoms with E-state index in [4.69, 9.17) is 4.74 Å². The Balaban J connectivity index is 1.54. The number of morpholine rings is 1. The summed E-state index contributed by atoms with van der Waals surface area (Å²) in [4.78, 5) is 9.25. The molecule has 0 spiro atoms. The highest BCUT2D eigenvalue weighted by molar-refractivity contribution is 5.16. The second-order valence-corrected chi connectivity index (χ2v) is 6.69. The third-order valence-corrected chi connectivity index (χ3v) is 4.67. The number of likely N-dealkylation sites (N-methyl/N-ethyl adjacent to an activating group) is 1. The lowest BCUT2D eigenvalue weighted by Crippen LogP contribution is -2.46. The molecule has 2 heterocycles. The minimum atomic E-state index is 0.546. The number of nitrogens with zero attached hydrogens (tertiary/aromatic N) is 4. The van der Waals surface area contributed by atoms with Crippen molar-refractivity contribution in [2.24, 2.45) is 0 Å². The van der Waals surface area contributed by atoms with Crippen LogP contribution < -0.4 is 0 Å². The average Bonchev–Trinajstić information content (AvgIpc) is 3.03. The molecule has 0 amide bonds. The molecule has 0 radical (unpaired) electrons. The number of hydrogen-bond donors (Lipinski definition) is 0. The molecule has 5 nitrogen and oxygen atoms in total. The van der Waals surface area contributed by atoms with E-state index in [9.17, 15) is 0 Å². The van der Waals surface area contributed by atoms with Crippen LogP contribution in [0, 0.1) is 0 Å². The molecule has 1 unspecified atom stereocenters. The molecule has 1 aromatic carbocycles. The second-order valence-electron chi connectivity index (χ2n) is 6.69. The van der Waals surface area contributed by atoms with Crippen molar-refractivity contribution in [1.29, 1.82) is 0 Å². The molecule has 0 N–H and O–H groups in total. The summed E-state index contributed by atoms with van der Waals surface area (Å²) in [6.07, 6.45) is 3.92. The van der Waals surface area contributed by atoms with Gasteiger partial charge < -0.3 is 9.30 Å². The Morgan fingerprint density at radius 3 is 2.71 bits per heavy atom. The normalized spacial score (nSPS) is 17.3. The lowest BCUT2D eigenvalue weighted by atomic mass is 10.2. The molecule has 2 aromatic rings. The zero-order valence-corrected chi connectivity index (χ0v) is 14.8. The first kappa shape index (κ1) is 17.1. The Labute approximate surface area is 144 Å². The van der Waals surface area contributed by atoms with Gasteiger partial charge in [-0.1, -0.05) is 30.3 Å². The van der Waals surface area contributed by atoms with Crippen molar-refractivity contribution in [3.8, 4) is 0 Å². The average molecular weight is 328 g/mol. The summed E-state index contributed by atoms with van der Waals surface area (Å²) in [5.41, 5.74) is 2.57. The highest BCUT2D eigenvalue weighted by Crippen LogP contribution is 2.10. The van der Waals surface area contributed by atoms with E-state index in [2.05, 4.69) is 63.7 Å². The summed E-state index contributed by atoms with van der Waals surface area (Å²) in [5.74, 6) is 0. The first-order valence-electron chi connectivity index (χ1n) is 8.75. The fourth-order valence-corrected chi connectivity index (χ4v) is 3.33. The van der Waals surface area contributed by atoms with Gasteiger partial charge in [-0.25, -0.2) is 4.98 Å². The molecule has 3 rings (SSSR count). The van der Waals surface area contributed by atoms with E-state index in [1.165, 1.54) is 11.3 Å². The van der Waals surface area contributed by atoms with E-state index in [1.807, 2.05) is 12.5 Å². The van der Waals surface area contributed by atoms with Gasteiger partial charge in [0.15, 0.2) is 0 Å². The fraction of sp³-hybridized carbons (Fsp3) is 0.526. The molecule has 5 heteroatoms. The van der Waals surface area contributed by atoms with Crippen molar-refractivity contribution in [1.82, 2.24) is 19.4 Å². The lowest BCUT2D eigenvalue weighted by Gasteiger charge is -2.34. The van der Waals surface area contributed by atoms with Crippen molar-refractivity contribution >= 4 is 0 Å². The number of hydrogen-bond acceptors (Lipinski definition) is 4. The predicted octanol–water partition coefficient (Wildman–Crippen LogP) is 2.08. The van der Waals surface area contributed by atoms with Gasteiger partial charge in [-0.15, -0.1) is 0 Å². The van der Waals surface area contributed by atoms with Crippen LogP contribution >= 0.6 is 0 Å². The van der Waals surface area contributed by atoms with E-state index >= 15 is 0 Å². The topological polar surface area (TPSA) is 33.5 Å². The number of rotatable bonds is 7. The molecule has 1 aromatic heterocycles. The molecule has 0 saturated carbocycles. The van der Waals surface area contributed by atoms with Gasteiger partial charge in [-0.3, -0.25) is 9.80 Å². The standard InChI is InChI=1S/C19H28N4O/c1-17(22-8-10-24-11-9-22)13-21(2)15-19-12-20-16-23(19)14-18-6-4-3-5-7-18/h3-7,12,16-17H,8-11,13-15H2,1-2H3. The van der Waals surface area contributed by atoms with Crippen LogP contribution in [0.5, 0.6) is 0 Å². The zero-order chi connectivity index (χ0) is 16.8. The maximum atomic E-state index is 5.45. The highest BCUT2D eigenvalue weighted by atomic mass is 16.5. The molecule has 0 bridgehead atoms. The van der Waals surface area contributed by atoms with Crippen LogP contribution in [0.3, 0.4) is 0 Å². The number of ether oxygens (including phenoxy) is 1. The molecule has 1 atom stereocenters. The summed E-state index contributed by atoms with van der Waals surface area (Å²) in [6, 6.07) is 11.1. The van der Waals surface area contributed by atoms with E-state index in [0.29, 0.717) is 6.04 Å². The highest BCUT2D eigenvalue weighted by Gasteiger charge is 2.18. The van der Waals surface area contributed by atoms with E-state index in [-0.39, 0.29) is 0 Å². The van der Waals surface area contributed by atoms with Crippen molar-refractivity contribution in [3.05, 3.63) is 54.1 Å². The van der Waals surface area contributed by atoms with E-state index < -0.39 is 0 Å². The third-order valence-electron chi connectivity index (χ3n) is 4.67. The molecule has 1 saturated heterocycles. The minimum absolute atomic E-state index is 0.546. The van der Waals surface area contributed by atoms with Gasteiger partial charge in [0.2, 0.25) is 0 Å². The summed E-state index contributed by atoms with van der Waals surface area (Å²) in [5, 5.41) is 0. The maximum Gasteiger partial charge on any atom is 0.0951 e. The molecule has 130 valence electrons. The molecule has 24 heavy (non-hydrogen) atoms. The van der Waals surface area contributed by atoms with Crippen molar-refractivity contribution in [2.75, 3.05) is 39.9 Å². The van der Waals surface area contributed by atoms with Gasteiger partial charge in [0.1, 0.15) is 0 Å². The molecule has 1 aliphatic heterocycles. The summed E-state index contributed by atoms with van der Waals surface area (Å²) < 4.78 is 7.69. The molecule has 1 fully saturated rings. The van der Waals surface area contributed by atoms with Crippen LogP contribution in [-0.4, -0.2) is 65.3 Å². The van der Waals surface area contributed by atoms with Crippen LogP contribution in [0.2, 0.25) is 0 Å². The number of imidazole rings is 1. The van der Waals surface area contributed by atoms with Crippen LogP contribution in [0.25, 0.3) is 0 Å². The first-order valence-corrected chi connectivity index (χ1v) is 8.75. The Morgan fingerprint density at radius 1 is 1.21 bits per heavy atom. The van der Waals surface area contributed by atoms with Crippen LogP contribution in [-0.2, 0) is 17.8 Å². The summed E-state index contributed by atoms with van der Waals surface area (Å²) in [7, 11) is 2.19. The molecule has 0 aliphatic carbocycles. The lowest BCUT2D eigenvalue weighted by molar-refractivity contribution is 0.0136. The van der Waals surface area contributed by atoms with Gasteiger partial charge in [-0.2, -0.15) is 0 Å². The monoisotopic (exact) mass is 328 g/mol. The van der Waals surface area contributed by atoms with Gasteiger partial charge >= 0.3 is 0 Å². The maximum absolute atomic E-state index is 5.45. The third kappa shape index (κ3) is 4.66. The smallest absolute Gasteiger partial charge is 0.0951 e. The van der Waals surface area contributed by atoms with E-state index in [1.54, 1.807) is 0 Å². The number of benzene rings is 1. The van der Waals surface area contributed by atoms with Crippen LogP contribution in [0.1, 0.15) is 18.2 Å². The Morgan fingerprint density at radius 2 is 1.96 bits per heavy atom. The van der Waals surface area contributed by atoms with Gasteiger partial charge in [0, 0.05) is 45.0 Å². The van der Waals surface area contributed by atoms with Gasteiger partial charge in [0.25, 0.3) is 0 Å². The minimum Gasteiger partial charge on any atom is -0.379 e. The Bertz CT molecular complexity index is 607.